The van der Waals surface area contributed by atoms with E-state index >= 15 is 0 Å². The predicted molar refractivity (Wildman–Crippen MR) is 141 cm³/mol. The van der Waals surface area contributed by atoms with Crippen molar-refractivity contribution in [1.82, 2.24) is 24.6 Å². The molecule has 36 heavy (non-hydrogen) atoms. The Morgan fingerprint density at radius 2 is 1.97 bits per heavy atom. The standard InChI is InChI=1S/C28H36N6O2/c1-19(35)32-12-8-26-25(18-32)28(30-34(26)21-9-13-36-14-10-21)23-6-4-5-20-15-27(29-16-24(20)23)33-11-7-22(17-33)31(2)3/h4-6,15-16,21-22H,7-14,17-18H2,1-3H3/t22-/m0/s1. The molecule has 0 bridgehead atoms. The number of rotatable bonds is 4. The van der Waals surface area contributed by atoms with Gasteiger partial charge < -0.3 is 19.4 Å². The molecule has 2 saturated heterocycles. The summed E-state index contributed by atoms with van der Waals surface area (Å²) in [4.78, 5) is 23.8. The topological polar surface area (TPSA) is 66.7 Å². The molecule has 8 heteroatoms. The van der Waals surface area contributed by atoms with Crippen LogP contribution in [-0.2, 0) is 22.5 Å². The van der Waals surface area contributed by atoms with Crippen LogP contribution in [0.15, 0.2) is 30.5 Å². The molecule has 1 amide bonds. The number of ether oxygens (including phenoxy) is 1. The molecule has 0 spiro atoms. The number of hydrogen-bond donors (Lipinski definition) is 0. The van der Waals surface area contributed by atoms with Crippen LogP contribution in [0.25, 0.3) is 22.0 Å². The van der Waals surface area contributed by atoms with Crippen LogP contribution in [0.5, 0.6) is 0 Å². The zero-order valence-corrected chi connectivity index (χ0v) is 21.6. The van der Waals surface area contributed by atoms with E-state index in [1.54, 1.807) is 6.92 Å². The third-order valence-corrected chi connectivity index (χ3v) is 8.29. The molecule has 2 aromatic heterocycles. The maximum Gasteiger partial charge on any atom is 0.219 e. The number of carbonyl (C=O) groups is 1. The summed E-state index contributed by atoms with van der Waals surface area (Å²) in [6, 6.07) is 9.60. The minimum Gasteiger partial charge on any atom is -0.381 e. The number of nitrogens with zero attached hydrogens (tertiary/aromatic N) is 6. The molecule has 2 fully saturated rings. The highest BCUT2D eigenvalue weighted by Crippen LogP contribution is 2.37. The lowest BCUT2D eigenvalue weighted by Crippen LogP contribution is -2.35. The first-order valence-corrected chi connectivity index (χ1v) is 13.2. The molecule has 3 aliphatic rings. The first-order chi connectivity index (χ1) is 17.5. The number of likely N-dealkylation sites (N-methyl/N-ethyl adjacent to an activating group) is 1. The van der Waals surface area contributed by atoms with E-state index in [0.29, 0.717) is 18.6 Å². The van der Waals surface area contributed by atoms with Gasteiger partial charge in [-0.05, 0) is 44.8 Å². The zero-order valence-electron chi connectivity index (χ0n) is 21.6. The summed E-state index contributed by atoms with van der Waals surface area (Å²) in [5.74, 6) is 1.16. The smallest absolute Gasteiger partial charge is 0.219 e. The molecular formula is C28H36N6O2. The van der Waals surface area contributed by atoms with Crippen LogP contribution in [0.1, 0.15) is 43.5 Å². The van der Waals surface area contributed by atoms with Gasteiger partial charge in [-0.25, -0.2) is 4.98 Å². The number of amides is 1. The first-order valence-electron chi connectivity index (χ1n) is 13.2. The van der Waals surface area contributed by atoms with E-state index in [2.05, 4.69) is 52.8 Å². The Labute approximate surface area is 212 Å². The van der Waals surface area contributed by atoms with E-state index in [9.17, 15) is 4.79 Å². The van der Waals surface area contributed by atoms with Crippen molar-refractivity contribution in [3.63, 3.8) is 0 Å². The highest BCUT2D eigenvalue weighted by Gasteiger charge is 2.31. The van der Waals surface area contributed by atoms with Crippen LogP contribution in [0.4, 0.5) is 5.82 Å². The Kier molecular flexibility index (Phi) is 6.17. The van der Waals surface area contributed by atoms with Gasteiger partial charge in [0.05, 0.1) is 11.7 Å². The average Bonchev–Trinajstić information content (AvgIpc) is 3.54. The van der Waals surface area contributed by atoms with Crippen molar-refractivity contribution in [3.05, 3.63) is 41.7 Å². The van der Waals surface area contributed by atoms with Crippen molar-refractivity contribution in [2.75, 3.05) is 51.8 Å². The highest BCUT2D eigenvalue weighted by atomic mass is 16.5. The van der Waals surface area contributed by atoms with Gasteiger partial charge in [0.25, 0.3) is 0 Å². The molecule has 0 unspecified atom stereocenters. The lowest BCUT2D eigenvalue weighted by molar-refractivity contribution is -0.129. The van der Waals surface area contributed by atoms with Gasteiger partial charge in [-0.1, -0.05) is 18.2 Å². The Morgan fingerprint density at radius 3 is 2.72 bits per heavy atom. The van der Waals surface area contributed by atoms with Gasteiger partial charge in [0.2, 0.25) is 5.91 Å². The molecule has 1 aromatic carbocycles. The van der Waals surface area contributed by atoms with Gasteiger partial charge in [-0.2, -0.15) is 5.10 Å². The molecule has 8 nitrogen and oxygen atoms in total. The monoisotopic (exact) mass is 488 g/mol. The van der Waals surface area contributed by atoms with Crippen LogP contribution in [0.2, 0.25) is 0 Å². The second-order valence-electron chi connectivity index (χ2n) is 10.7. The summed E-state index contributed by atoms with van der Waals surface area (Å²) >= 11 is 0. The van der Waals surface area contributed by atoms with E-state index in [1.807, 2.05) is 11.1 Å². The molecule has 0 radical (unpaired) electrons. The second kappa shape index (κ2) is 9.48. The maximum absolute atomic E-state index is 12.3. The summed E-state index contributed by atoms with van der Waals surface area (Å²) in [6.45, 7) is 6.63. The Balaban J connectivity index is 1.41. The van der Waals surface area contributed by atoms with E-state index in [-0.39, 0.29) is 5.91 Å². The number of fused-ring (bicyclic) bond motifs is 2. The van der Waals surface area contributed by atoms with E-state index in [4.69, 9.17) is 14.8 Å². The molecule has 190 valence electrons. The SMILES string of the molecule is CC(=O)N1CCc2c(c(-c3cccc4cc(N5CC[C@H](N(C)C)C5)ncc34)nn2C2CCOCC2)C1. The van der Waals surface area contributed by atoms with Gasteiger partial charge in [0, 0.05) is 87.2 Å². The summed E-state index contributed by atoms with van der Waals surface area (Å²) in [5, 5.41) is 7.53. The minimum absolute atomic E-state index is 0.122. The largest absolute Gasteiger partial charge is 0.381 e. The van der Waals surface area contributed by atoms with Crippen LogP contribution < -0.4 is 4.90 Å². The molecule has 5 heterocycles. The first kappa shape index (κ1) is 23.4. The lowest BCUT2D eigenvalue weighted by atomic mass is 9.97. The molecule has 6 rings (SSSR count). The summed E-state index contributed by atoms with van der Waals surface area (Å²) < 4.78 is 7.89. The number of hydrogen-bond acceptors (Lipinski definition) is 6. The fourth-order valence-electron chi connectivity index (χ4n) is 6.07. The third kappa shape index (κ3) is 4.16. The summed E-state index contributed by atoms with van der Waals surface area (Å²) in [6.07, 6.45) is 5.99. The van der Waals surface area contributed by atoms with Gasteiger partial charge in [-0.15, -0.1) is 0 Å². The van der Waals surface area contributed by atoms with Crippen molar-refractivity contribution in [1.29, 1.82) is 0 Å². The average molecular weight is 489 g/mol. The predicted octanol–water partition coefficient (Wildman–Crippen LogP) is 3.49. The number of pyridine rings is 1. The molecular weight excluding hydrogens is 452 g/mol. The zero-order chi connectivity index (χ0) is 24.8. The van der Waals surface area contributed by atoms with Gasteiger partial charge >= 0.3 is 0 Å². The van der Waals surface area contributed by atoms with Crippen LogP contribution in [0.3, 0.4) is 0 Å². The van der Waals surface area contributed by atoms with E-state index in [0.717, 1.165) is 81.0 Å². The number of aromatic nitrogens is 3. The highest BCUT2D eigenvalue weighted by molar-refractivity contribution is 5.97. The minimum atomic E-state index is 0.122. The normalized spacial score (nSPS) is 20.9. The van der Waals surface area contributed by atoms with E-state index in [1.165, 1.54) is 16.6 Å². The van der Waals surface area contributed by atoms with Crippen molar-refractivity contribution >= 4 is 22.5 Å². The maximum atomic E-state index is 12.3. The van der Waals surface area contributed by atoms with Crippen molar-refractivity contribution in [2.45, 2.75) is 51.2 Å². The van der Waals surface area contributed by atoms with Crippen molar-refractivity contribution in [2.24, 2.45) is 0 Å². The van der Waals surface area contributed by atoms with Crippen molar-refractivity contribution < 1.29 is 9.53 Å². The summed E-state index contributed by atoms with van der Waals surface area (Å²) in [5.41, 5.74) is 4.57. The summed E-state index contributed by atoms with van der Waals surface area (Å²) in [7, 11) is 4.31. The van der Waals surface area contributed by atoms with Gasteiger partial charge in [0.1, 0.15) is 5.82 Å². The lowest BCUT2D eigenvalue weighted by Gasteiger charge is -2.29. The Hall–Kier alpha value is -2.97. The number of anilines is 1. The molecule has 0 aliphatic carbocycles. The fourth-order valence-corrected chi connectivity index (χ4v) is 6.07. The Morgan fingerprint density at radius 1 is 1.14 bits per heavy atom. The van der Waals surface area contributed by atoms with Gasteiger partial charge in [0.15, 0.2) is 0 Å². The van der Waals surface area contributed by atoms with Gasteiger partial charge in [-0.3, -0.25) is 9.48 Å². The molecule has 3 aromatic rings. The molecule has 0 N–H and O–H groups in total. The van der Waals surface area contributed by atoms with E-state index < -0.39 is 0 Å². The molecule has 1 atom stereocenters. The fraction of sp³-hybridized carbons (Fsp3) is 0.536. The third-order valence-electron chi connectivity index (χ3n) is 8.29. The van der Waals surface area contributed by atoms with Crippen molar-refractivity contribution in [3.8, 4) is 11.3 Å². The van der Waals surface area contributed by atoms with Crippen LogP contribution >= 0.6 is 0 Å². The molecule has 0 saturated carbocycles. The van der Waals surface area contributed by atoms with Crippen LogP contribution in [0, 0.1) is 0 Å². The number of benzene rings is 1. The second-order valence-corrected chi connectivity index (χ2v) is 10.7. The quantitative estimate of drug-likeness (QED) is 0.560. The van der Waals surface area contributed by atoms with Crippen LogP contribution in [-0.4, -0.2) is 83.5 Å². The number of carbonyl (C=O) groups excluding carboxylic acids is 1. The Bertz CT molecular complexity index is 1280. The molecule has 3 aliphatic heterocycles.